The maximum atomic E-state index is 12.7. The fraction of sp³-hybridized carbons (Fsp3) is 0.276. The fourth-order valence-electron chi connectivity index (χ4n) is 5.12. The van der Waals surface area contributed by atoms with E-state index in [2.05, 4.69) is 45.5 Å². The van der Waals surface area contributed by atoms with Gasteiger partial charge in [0.15, 0.2) is 11.5 Å². The van der Waals surface area contributed by atoms with Gasteiger partial charge in [0.2, 0.25) is 0 Å². The fourth-order valence-corrected chi connectivity index (χ4v) is 5.69. The normalized spacial score (nSPS) is 19.9. The van der Waals surface area contributed by atoms with E-state index in [4.69, 9.17) is 14.2 Å². The molecule has 6 heteroatoms. The van der Waals surface area contributed by atoms with Crippen molar-refractivity contribution in [1.82, 2.24) is 0 Å². The highest BCUT2D eigenvalue weighted by Crippen LogP contribution is 2.52. The van der Waals surface area contributed by atoms with Crippen LogP contribution in [0.15, 0.2) is 77.3 Å². The highest BCUT2D eigenvalue weighted by atomic mass is 79.9. The molecular formula is C29H28BrNO4. The van der Waals surface area contributed by atoms with Gasteiger partial charge in [0.05, 0.1) is 35.5 Å². The first-order chi connectivity index (χ1) is 17.1. The monoisotopic (exact) mass is 533 g/mol. The summed E-state index contributed by atoms with van der Waals surface area (Å²) in [4.78, 5) is 12.7. The standard InChI is InChI=1S/C29H28BrNO4/c1-3-34-29(32)23-14-8-13-22-20-11-7-12-21(20)26(31-27(22)23)19-15-24(30)28(25(16-19)33-2)35-17-18-9-5-4-6-10-18/h4-11,13-16,20-21,26,31H,3,12,17H2,1-2H3/t20-,21+,26+/m1/s1. The van der Waals surface area contributed by atoms with Gasteiger partial charge in [0, 0.05) is 5.92 Å². The van der Waals surface area contributed by atoms with Gasteiger partial charge in [-0.25, -0.2) is 4.79 Å². The number of hydrogen-bond acceptors (Lipinski definition) is 5. The molecule has 0 fully saturated rings. The molecule has 0 saturated carbocycles. The number of fused-ring (bicyclic) bond motifs is 3. The van der Waals surface area contributed by atoms with Gasteiger partial charge in [-0.1, -0.05) is 54.6 Å². The molecule has 1 aliphatic carbocycles. The Hall–Kier alpha value is -3.25. The zero-order valence-corrected chi connectivity index (χ0v) is 21.4. The Morgan fingerprint density at radius 3 is 2.71 bits per heavy atom. The van der Waals surface area contributed by atoms with Crippen LogP contribution in [0.25, 0.3) is 0 Å². The van der Waals surface area contributed by atoms with E-state index in [0.29, 0.717) is 36.2 Å². The quantitative estimate of drug-likeness (QED) is 0.260. The summed E-state index contributed by atoms with van der Waals surface area (Å²) in [5.41, 5.74) is 4.72. The molecule has 1 N–H and O–H groups in total. The van der Waals surface area contributed by atoms with Crippen LogP contribution in [0.2, 0.25) is 0 Å². The lowest BCUT2D eigenvalue weighted by Crippen LogP contribution is -2.30. The minimum atomic E-state index is -0.306. The number of ether oxygens (including phenoxy) is 3. The van der Waals surface area contributed by atoms with Gasteiger partial charge in [-0.3, -0.25) is 0 Å². The third-order valence-corrected chi connectivity index (χ3v) is 7.32. The molecule has 0 amide bonds. The molecule has 180 valence electrons. The predicted molar refractivity (Wildman–Crippen MR) is 140 cm³/mol. The number of methoxy groups -OCH3 is 1. The van der Waals surface area contributed by atoms with Crippen molar-refractivity contribution < 1.29 is 19.0 Å². The number of anilines is 1. The van der Waals surface area contributed by atoms with Crippen molar-refractivity contribution in [3.05, 3.63) is 99.5 Å². The van der Waals surface area contributed by atoms with E-state index in [1.165, 1.54) is 0 Å². The van der Waals surface area contributed by atoms with Crippen molar-refractivity contribution in [3.63, 3.8) is 0 Å². The molecule has 3 aromatic rings. The van der Waals surface area contributed by atoms with Crippen LogP contribution < -0.4 is 14.8 Å². The van der Waals surface area contributed by atoms with Gasteiger partial charge in [0.25, 0.3) is 0 Å². The average Bonchev–Trinajstić information content (AvgIpc) is 3.38. The van der Waals surface area contributed by atoms with Crippen molar-refractivity contribution in [3.8, 4) is 11.5 Å². The first kappa shape index (κ1) is 23.5. The number of carbonyl (C=O) groups excluding carboxylic acids is 1. The molecule has 0 unspecified atom stereocenters. The van der Waals surface area contributed by atoms with E-state index in [1.54, 1.807) is 7.11 Å². The summed E-state index contributed by atoms with van der Waals surface area (Å²) < 4.78 is 18.1. The molecule has 2 aliphatic rings. The van der Waals surface area contributed by atoms with Crippen LogP contribution in [0.3, 0.4) is 0 Å². The largest absolute Gasteiger partial charge is 0.493 e. The molecule has 3 atom stereocenters. The predicted octanol–water partition coefficient (Wildman–Crippen LogP) is 7.04. The lowest BCUT2D eigenvalue weighted by atomic mass is 9.76. The van der Waals surface area contributed by atoms with E-state index >= 15 is 0 Å². The number of rotatable bonds is 7. The zero-order valence-electron chi connectivity index (χ0n) is 19.8. The molecule has 0 bridgehead atoms. The molecule has 1 aliphatic heterocycles. The Morgan fingerprint density at radius 1 is 1.11 bits per heavy atom. The van der Waals surface area contributed by atoms with Gasteiger partial charge >= 0.3 is 5.97 Å². The summed E-state index contributed by atoms with van der Waals surface area (Å²) >= 11 is 3.72. The van der Waals surface area contributed by atoms with E-state index in [-0.39, 0.29) is 17.9 Å². The van der Waals surface area contributed by atoms with Crippen molar-refractivity contribution in [2.75, 3.05) is 19.0 Å². The van der Waals surface area contributed by atoms with Gasteiger partial charge in [0.1, 0.15) is 6.61 Å². The molecular weight excluding hydrogens is 506 g/mol. The number of esters is 1. The maximum Gasteiger partial charge on any atom is 0.340 e. The van der Waals surface area contributed by atoms with Crippen LogP contribution in [0.1, 0.15) is 52.4 Å². The summed E-state index contributed by atoms with van der Waals surface area (Å²) in [6, 6.07) is 20.0. The smallest absolute Gasteiger partial charge is 0.340 e. The summed E-state index contributed by atoms with van der Waals surface area (Å²) in [7, 11) is 1.66. The second-order valence-corrected chi connectivity index (χ2v) is 9.63. The van der Waals surface area contributed by atoms with E-state index in [9.17, 15) is 4.79 Å². The molecule has 3 aromatic carbocycles. The minimum absolute atomic E-state index is 0.00792. The van der Waals surface area contributed by atoms with E-state index in [0.717, 1.165) is 33.3 Å². The Labute approximate surface area is 214 Å². The van der Waals surface area contributed by atoms with Crippen molar-refractivity contribution in [1.29, 1.82) is 0 Å². The van der Waals surface area contributed by atoms with Crippen LogP contribution in [0, 0.1) is 5.92 Å². The lowest BCUT2D eigenvalue weighted by molar-refractivity contribution is 0.0527. The highest BCUT2D eigenvalue weighted by molar-refractivity contribution is 9.10. The maximum absolute atomic E-state index is 12.7. The topological polar surface area (TPSA) is 56.8 Å². The number of allylic oxidation sites excluding steroid dienone is 2. The lowest BCUT2D eigenvalue weighted by Gasteiger charge is -2.38. The van der Waals surface area contributed by atoms with Gasteiger partial charge in [-0.15, -0.1) is 0 Å². The average molecular weight is 534 g/mol. The van der Waals surface area contributed by atoms with Crippen molar-refractivity contribution in [2.24, 2.45) is 5.92 Å². The molecule has 1 heterocycles. The van der Waals surface area contributed by atoms with Crippen LogP contribution >= 0.6 is 15.9 Å². The van der Waals surface area contributed by atoms with Crippen LogP contribution in [-0.4, -0.2) is 19.7 Å². The van der Waals surface area contributed by atoms with Crippen LogP contribution in [0.5, 0.6) is 11.5 Å². The summed E-state index contributed by atoms with van der Waals surface area (Å²) in [5.74, 6) is 1.58. The number of carbonyl (C=O) groups is 1. The zero-order chi connectivity index (χ0) is 24.4. The molecule has 5 nitrogen and oxygen atoms in total. The second-order valence-electron chi connectivity index (χ2n) is 8.77. The summed E-state index contributed by atoms with van der Waals surface area (Å²) in [6.45, 7) is 2.61. The van der Waals surface area contributed by atoms with E-state index < -0.39 is 0 Å². The number of benzene rings is 3. The van der Waals surface area contributed by atoms with Crippen molar-refractivity contribution in [2.45, 2.75) is 31.9 Å². The molecule has 0 radical (unpaired) electrons. The minimum Gasteiger partial charge on any atom is -0.493 e. The molecule has 0 aromatic heterocycles. The second kappa shape index (κ2) is 10.2. The summed E-state index contributed by atoms with van der Waals surface area (Å²) in [6.07, 6.45) is 5.45. The third kappa shape index (κ3) is 4.55. The van der Waals surface area contributed by atoms with E-state index in [1.807, 2.05) is 55.5 Å². The van der Waals surface area contributed by atoms with Crippen LogP contribution in [-0.2, 0) is 11.3 Å². The first-order valence-electron chi connectivity index (χ1n) is 11.9. The van der Waals surface area contributed by atoms with Gasteiger partial charge < -0.3 is 19.5 Å². The van der Waals surface area contributed by atoms with Gasteiger partial charge in [-0.05, 0) is 70.1 Å². The molecule has 0 saturated heterocycles. The number of nitrogens with one attached hydrogen (secondary N) is 1. The SMILES string of the molecule is CCOC(=O)c1cccc2c1N[C@@H](c1cc(Br)c(OCc3ccccc3)c(OC)c1)[C@H]1CC=C[C@@H]21. The molecule has 35 heavy (non-hydrogen) atoms. The first-order valence-corrected chi connectivity index (χ1v) is 12.7. The number of hydrogen-bond donors (Lipinski definition) is 1. The molecule has 0 spiro atoms. The highest BCUT2D eigenvalue weighted by Gasteiger charge is 2.40. The molecule has 5 rings (SSSR count). The number of halogens is 1. The van der Waals surface area contributed by atoms with Crippen molar-refractivity contribution >= 4 is 27.6 Å². The Bertz CT molecular complexity index is 1260. The van der Waals surface area contributed by atoms with Gasteiger partial charge in [-0.2, -0.15) is 0 Å². The third-order valence-electron chi connectivity index (χ3n) is 6.73. The van der Waals surface area contributed by atoms with Crippen LogP contribution in [0.4, 0.5) is 5.69 Å². The Kier molecular flexibility index (Phi) is 6.82. The Balaban J connectivity index is 1.49. The number of para-hydroxylation sites is 1. The Morgan fingerprint density at radius 2 is 1.94 bits per heavy atom. The summed E-state index contributed by atoms with van der Waals surface area (Å²) in [5, 5.41) is 3.69.